The Morgan fingerprint density at radius 3 is 2.83 bits per heavy atom. The molecule has 0 aliphatic carbocycles. The number of hydrogen-bond acceptors (Lipinski definition) is 2. The van der Waals surface area contributed by atoms with E-state index in [-0.39, 0.29) is 0 Å². The predicted molar refractivity (Wildman–Crippen MR) is 71.5 cm³/mol. The second kappa shape index (κ2) is 4.27. The van der Waals surface area contributed by atoms with E-state index in [2.05, 4.69) is 5.10 Å². The predicted octanol–water partition coefficient (Wildman–Crippen LogP) is 3.49. The number of rotatable bonds is 2. The van der Waals surface area contributed by atoms with Crippen LogP contribution in [0.5, 0.6) is 0 Å². The van der Waals surface area contributed by atoms with Gasteiger partial charge < -0.3 is 0 Å². The van der Waals surface area contributed by atoms with Crippen molar-refractivity contribution < 1.29 is 4.79 Å². The summed E-state index contributed by atoms with van der Waals surface area (Å²) in [6, 6.07) is 13.0. The summed E-state index contributed by atoms with van der Waals surface area (Å²) in [4.78, 5) is 11.1. The van der Waals surface area contributed by atoms with Gasteiger partial charge in [0.15, 0.2) is 6.29 Å². The molecule has 0 aliphatic heterocycles. The van der Waals surface area contributed by atoms with Gasteiger partial charge in [-0.2, -0.15) is 5.10 Å². The third kappa shape index (κ3) is 1.69. The lowest BCUT2D eigenvalue weighted by Crippen LogP contribution is -2.00. The summed E-state index contributed by atoms with van der Waals surface area (Å²) in [7, 11) is 0. The summed E-state index contributed by atoms with van der Waals surface area (Å²) in [5, 5.41) is 5.92. The lowest BCUT2D eigenvalue weighted by Gasteiger charge is -2.07. The quantitative estimate of drug-likeness (QED) is 0.658. The lowest BCUT2D eigenvalue weighted by atomic mass is 10.2. The molecule has 2 aromatic carbocycles. The van der Waals surface area contributed by atoms with Gasteiger partial charge in [0, 0.05) is 16.0 Å². The Kier molecular flexibility index (Phi) is 2.61. The zero-order valence-electron chi connectivity index (χ0n) is 9.38. The van der Waals surface area contributed by atoms with Gasteiger partial charge in [-0.1, -0.05) is 29.8 Å². The number of fused-ring (bicyclic) bond motifs is 1. The summed E-state index contributed by atoms with van der Waals surface area (Å²) in [5.74, 6) is 0. The van der Waals surface area contributed by atoms with Crippen LogP contribution in [0.15, 0.2) is 48.7 Å². The van der Waals surface area contributed by atoms with Crippen molar-refractivity contribution in [3.05, 3.63) is 59.2 Å². The maximum atomic E-state index is 11.1. The van der Waals surface area contributed by atoms with Crippen molar-refractivity contribution in [2.45, 2.75) is 0 Å². The van der Waals surface area contributed by atoms with E-state index >= 15 is 0 Å². The summed E-state index contributed by atoms with van der Waals surface area (Å²) >= 11 is 5.98. The molecule has 0 bridgehead atoms. The number of carbonyl (C=O) groups is 1. The number of benzene rings is 2. The molecule has 3 rings (SSSR count). The van der Waals surface area contributed by atoms with Gasteiger partial charge >= 0.3 is 0 Å². The van der Waals surface area contributed by atoms with Crippen LogP contribution in [0.2, 0.25) is 5.02 Å². The van der Waals surface area contributed by atoms with Crippen LogP contribution in [-0.2, 0) is 0 Å². The molecule has 3 aromatic rings. The van der Waals surface area contributed by atoms with Gasteiger partial charge in [-0.3, -0.25) is 4.79 Å². The minimum absolute atomic E-state index is 0.563. The molecule has 0 fully saturated rings. The van der Waals surface area contributed by atoms with Crippen molar-refractivity contribution in [1.82, 2.24) is 9.78 Å². The van der Waals surface area contributed by atoms with E-state index in [1.54, 1.807) is 29.1 Å². The molecule has 0 amide bonds. The Morgan fingerprint density at radius 1 is 1.17 bits per heavy atom. The molecule has 0 radical (unpaired) electrons. The Bertz CT molecular complexity index is 733. The SMILES string of the molecule is O=Cc1ccc(Cl)cc1-n1ncc2ccccc21. The zero-order chi connectivity index (χ0) is 12.5. The van der Waals surface area contributed by atoms with E-state index in [1.807, 2.05) is 24.3 Å². The smallest absolute Gasteiger partial charge is 0.152 e. The molecule has 18 heavy (non-hydrogen) atoms. The summed E-state index contributed by atoms with van der Waals surface area (Å²) < 4.78 is 1.73. The van der Waals surface area contributed by atoms with Crippen molar-refractivity contribution in [2.24, 2.45) is 0 Å². The fourth-order valence-corrected chi connectivity index (χ4v) is 2.13. The fraction of sp³-hybridized carbons (Fsp3) is 0. The average Bonchev–Trinajstić information content (AvgIpc) is 2.82. The van der Waals surface area contributed by atoms with E-state index in [0.717, 1.165) is 17.2 Å². The number of hydrogen-bond donors (Lipinski definition) is 0. The standard InChI is InChI=1S/C14H9ClN2O/c15-12-6-5-11(9-18)14(7-12)17-13-4-2-1-3-10(13)8-16-17/h1-9H. The molecule has 0 saturated carbocycles. The van der Waals surface area contributed by atoms with Crippen LogP contribution < -0.4 is 0 Å². The lowest BCUT2D eigenvalue weighted by molar-refractivity contribution is 0.112. The van der Waals surface area contributed by atoms with Gasteiger partial charge in [0.05, 0.1) is 17.4 Å². The second-order valence-electron chi connectivity index (χ2n) is 3.94. The Labute approximate surface area is 109 Å². The number of para-hydroxylation sites is 1. The number of aromatic nitrogens is 2. The van der Waals surface area contributed by atoms with Crippen molar-refractivity contribution >= 4 is 28.8 Å². The molecule has 0 N–H and O–H groups in total. The monoisotopic (exact) mass is 256 g/mol. The molecule has 1 heterocycles. The van der Waals surface area contributed by atoms with Crippen LogP contribution >= 0.6 is 11.6 Å². The molecule has 0 saturated heterocycles. The highest BCUT2D eigenvalue weighted by molar-refractivity contribution is 6.30. The normalized spacial score (nSPS) is 10.7. The molecule has 0 aliphatic rings. The molecule has 1 aromatic heterocycles. The maximum absolute atomic E-state index is 11.1. The second-order valence-corrected chi connectivity index (χ2v) is 4.37. The van der Waals surface area contributed by atoms with Crippen molar-refractivity contribution in [2.75, 3.05) is 0 Å². The third-order valence-electron chi connectivity index (χ3n) is 2.82. The number of nitrogens with zero attached hydrogens (tertiary/aromatic N) is 2. The molecule has 3 nitrogen and oxygen atoms in total. The summed E-state index contributed by atoms with van der Waals surface area (Å²) in [6.45, 7) is 0. The Hall–Kier alpha value is -2.13. The minimum Gasteiger partial charge on any atom is -0.298 e. The van der Waals surface area contributed by atoms with E-state index in [1.165, 1.54) is 0 Å². The van der Waals surface area contributed by atoms with E-state index in [4.69, 9.17) is 11.6 Å². The van der Waals surface area contributed by atoms with Gasteiger partial charge in [-0.25, -0.2) is 4.68 Å². The van der Waals surface area contributed by atoms with Crippen LogP contribution in [-0.4, -0.2) is 16.1 Å². The summed E-state index contributed by atoms with van der Waals surface area (Å²) in [5.41, 5.74) is 2.20. The maximum Gasteiger partial charge on any atom is 0.152 e. The third-order valence-corrected chi connectivity index (χ3v) is 3.06. The van der Waals surface area contributed by atoms with E-state index in [0.29, 0.717) is 16.3 Å². The van der Waals surface area contributed by atoms with Gasteiger partial charge in [0.25, 0.3) is 0 Å². The summed E-state index contributed by atoms with van der Waals surface area (Å²) in [6.07, 6.45) is 2.58. The fourth-order valence-electron chi connectivity index (χ4n) is 1.96. The van der Waals surface area contributed by atoms with Crippen LogP contribution in [0.3, 0.4) is 0 Å². The average molecular weight is 257 g/mol. The molecule has 4 heteroatoms. The Balaban J connectivity index is 2.32. The van der Waals surface area contributed by atoms with Crippen LogP contribution in [0.1, 0.15) is 10.4 Å². The zero-order valence-corrected chi connectivity index (χ0v) is 10.1. The number of carbonyl (C=O) groups excluding carboxylic acids is 1. The Morgan fingerprint density at radius 2 is 2.00 bits per heavy atom. The van der Waals surface area contributed by atoms with Gasteiger partial charge in [0.2, 0.25) is 0 Å². The van der Waals surface area contributed by atoms with E-state index < -0.39 is 0 Å². The molecule has 0 atom stereocenters. The van der Waals surface area contributed by atoms with Gasteiger partial charge in [-0.15, -0.1) is 0 Å². The number of halogens is 1. The van der Waals surface area contributed by atoms with Crippen molar-refractivity contribution in [3.63, 3.8) is 0 Å². The van der Waals surface area contributed by atoms with Crippen LogP contribution in [0.4, 0.5) is 0 Å². The van der Waals surface area contributed by atoms with Crippen molar-refractivity contribution in [1.29, 1.82) is 0 Å². The molecular formula is C14H9ClN2O. The molecular weight excluding hydrogens is 248 g/mol. The van der Waals surface area contributed by atoms with Crippen molar-refractivity contribution in [3.8, 4) is 5.69 Å². The van der Waals surface area contributed by atoms with Crippen LogP contribution in [0, 0.1) is 0 Å². The topological polar surface area (TPSA) is 34.9 Å². The van der Waals surface area contributed by atoms with Crippen LogP contribution in [0.25, 0.3) is 16.6 Å². The highest BCUT2D eigenvalue weighted by atomic mass is 35.5. The molecule has 0 unspecified atom stereocenters. The highest BCUT2D eigenvalue weighted by Crippen LogP contribution is 2.23. The minimum atomic E-state index is 0.563. The first-order valence-corrected chi connectivity index (χ1v) is 5.85. The van der Waals surface area contributed by atoms with E-state index in [9.17, 15) is 4.79 Å². The van der Waals surface area contributed by atoms with Gasteiger partial charge in [-0.05, 0) is 24.3 Å². The first kappa shape index (κ1) is 11.0. The number of aldehydes is 1. The first-order chi connectivity index (χ1) is 8.79. The largest absolute Gasteiger partial charge is 0.298 e. The van der Waals surface area contributed by atoms with Gasteiger partial charge in [0.1, 0.15) is 0 Å². The molecule has 0 spiro atoms. The highest BCUT2D eigenvalue weighted by Gasteiger charge is 2.09. The first-order valence-electron chi connectivity index (χ1n) is 5.47. The molecule has 88 valence electrons.